The van der Waals surface area contributed by atoms with E-state index in [-0.39, 0.29) is 5.92 Å². The van der Waals surface area contributed by atoms with Crippen LogP contribution in [0.3, 0.4) is 0 Å². The molecule has 0 saturated heterocycles. The molecular formula is C79H94N4+4. The second-order valence-electron chi connectivity index (χ2n) is 27.3. The second-order valence-corrected chi connectivity index (χ2v) is 27.3. The topological polar surface area (TPSA) is 15.5 Å². The smallest absolute Gasteiger partial charge is 0.201 e. The quantitative estimate of drug-likeness (QED) is 0.156. The summed E-state index contributed by atoms with van der Waals surface area (Å²) in [7, 11) is 8.23. The Morgan fingerprint density at radius 2 is 0.880 bits per heavy atom. The van der Waals surface area contributed by atoms with E-state index in [1.165, 1.54) is 76.9 Å². The van der Waals surface area contributed by atoms with Gasteiger partial charge in [-0.1, -0.05) is 91.6 Å². The first-order valence-electron chi connectivity index (χ1n) is 36.4. The summed E-state index contributed by atoms with van der Waals surface area (Å²) in [6, 6.07) is 32.9. The Labute approximate surface area is 514 Å². The molecule has 4 nitrogen and oxygen atoms in total. The highest BCUT2D eigenvalue weighted by Crippen LogP contribution is 2.67. The van der Waals surface area contributed by atoms with Crippen molar-refractivity contribution in [3.05, 3.63) is 211 Å². The van der Waals surface area contributed by atoms with Gasteiger partial charge in [-0.05, 0) is 241 Å². The van der Waals surface area contributed by atoms with E-state index in [9.17, 15) is 0 Å². The van der Waals surface area contributed by atoms with Crippen molar-refractivity contribution in [2.45, 2.75) is 187 Å². The van der Waals surface area contributed by atoms with Crippen molar-refractivity contribution in [2.75, 3.05) is 0 Å². The number of fused-ring (bicyclic) bond motifs is 15. The number of hydrogen-bond acceptors (Lipinski definition) is 0. The zero-order valence-corrected chi connectivity index (χ0v) is 51.7. The minimum absolute atomic E-state index is 0.0707. The van der Waals surface area contributed by atoms with Crippen molar-refractivity contribution in [1.82, 2.24) is 0 Å². The first kappa shape index (κ1) is 44.0. The van der Waals surface area contributed by atoms with Crippen LogP contribution in [-0.4, -0.2) is 0 Å². The molecular weight excluding hydrogens is 1000 g/mol. The molecule has 8 aromatic rings. The van der Waals surface area contributed by atoms with Gasteiger partial charge in [-0.15, -0.1) is 0 Å². The van der Waals surface area contributed by atoms with E-state index in [1.54, 1.807) is 46.5 Å². The van der Waals surface area contributed by atoms with Gasteiger partial charge >= 0.3 is 0 Å². The summed E-state index contributed by atoms with van der Waals surface area (Å²) >= 11 is 0. The van der Waals surface area contributed by atoms with Crippen LogP contribution in [0.25, 0.3) is 45.0 Å². The van der Waals surface area contributed by atoms with Crippen molar-refractivity contribution >= 4 is 0 Å². The molecule has 0 radical (unpaired) electrons. The molecule has 0 amide bonds. The van der Waals surface area contributed by atoms with Gasteiger partial charge in [0.2, 0.25) is 22.8 Å². The van der Waals surface area contributed by atoms with E-state index < -0.39 is 37.8 Å². The van der Waals surface area contributed by atoms with Crippen LogP contribution in [0.5, 0.6) is 0 Å². The fourth-order valence-corrected chi connectivity index (χ4v) is 16.6. The maximum Gasteiger partial charge on any atom is 0.212 e. The van der Waals surface area contributed by atoms with Crippen LogP contribution in [0, 0.1) is 66.6 Å². The van der Waals surface area contributed by atoms with Gasteiger partial charge in [0.05, 0.1) is 0 Å². The zero-order chi connectivity index (χ0) is 67.7. The van der Waals surface area contributed by atoms with E-state index in [0.717, 1.165) is 75.0 Å². The Morgan fingerprint density at radius 1 is 0.434 bits per heavy atom. The molecule has 4 heteroatoms. The number of aromatic nitrogens is 4. The fourth-order valence-electron chi connectivity index (χ4n) is 16.6. The lowest BCUT2D eigenvalue weighted by Crippen LogP contribution is -2.37. The van der Waals surface area contributed by atoms with E-state index in [0.29, 0.717) is 52.7 Å². The van der Waals surface area contributed by atoms with Crippen molar-refractivity contribution < 1.29 is 33.3 Å². The summed E-state index contributed by atoms with van der Waals surface area (Å²) in [6.07, 6.45) is 17.3. The van der Waals surface area contributed by atoms with Gasteiger partial charge in [-0.2, -0.15) is 0 Å². The minimum atomic E-state index is -2.14. The van der Waals surface area contributed by atoms with Crippen LogP contribution in [0.2, 0.25) is 0 Å². The van der Waals surface area contributed by atoms with E-state index >= 15 is 0 Å². The number of aryl methyl sites for hydroxylation is 12. The van der Waals surface area contributed by atoms with Gasteiger partial charge in [-0.3, -0.25) is 0 Å². The molecule has 9 aliphatic carbocycles. The Hall–Kier alpha value is -6.52. The summed E-state index contributed by atoms with van der Waals surface area (Å²) in [6.45, 7) is 15.8. The van der Waals surface area contributed by atoms with Crippen LogP contribution in [0.15, 0.2) is 122 Å². The van der Waals surface area contributed by atoms with Crippen LogP contribution in [0.4, 0.5) is 0 Å². The molecule has 4 aromatic heterocycles. The van der Waals surface area contributed by atoms with Crippen molar-refractivity contribution in [1.29, 1.82) is 0 Å². The first-order chi connectivity index (χ1) is 43.9. The van der Waals surface area contributed by atoms with E-state index in [4.69, 9.17) is 15.1 Å². The highest BCUT2D eigenvalue weighted by molar-refractivity contribution is 5.67. The molecule has 4 fully saturated rings. The molecule has 0 aliphatic heterocycles. The monoisotopic (exact) mass is 1110 g/mol. The lowest BCUT2D eigenvalue weighted by molar-refractivity contribution is -0.661. The molecule has 83 heavy (non-hydrogen) atoms. The molecule has 6 atom stereocenters. The summed E-state index contributed by atoms with van der Waals surface area (Å²) in [5.41, 5.74) is 27.6. The highest BCUT2D eigenvalue weighted by atomic mass is 14.9. The van der Waals surface area contributed by atoms with Crippen molar-refractivity contribution in [2.24, 2.45) is 39.5 Å². The van der Waals surface area contributed by atoms with E-state index in [2.05, 4.69) is 139 Å². The van der Waals surface area contributed by atoms with Gasteiger partial charge in [0.15, 0.2) is 24.8 Å². The molecule has 426 valence electrons. The predicted octanol–water partition coefficient (Wildman–Crippen LogP) is 17.1. The first-order valence-corrected chi connectivity index (χ1v) is 30.9. The number of hydrogen-bond donors (Lipinski definition) is 0. The Bertz CT molecular complexity index is 4440. The molecule has 4 aromatic carbocycles. The van der Waals surface area contributed by atoms with Crippen LogP contribution in [-0.2, 0) is 40.0 Å². The molecule has 17 rings (SSSR count). The average Bonchev–Trinajstić information content (AvgIpc) is 1.17. The van der Waals surface area contributed by atoms with Crippen molar-refractivity contribution in [3.63, 3.8) is 0 Å². The second kappa shape index (κ2) is 20.9. The Balaban J connectivity index is 0.000000114. The maximum absolute atomic E-state index is 8.77. The SMILES string of the molecule is Cc1ccc(-c2cc3c(c[n+]2C)C2(C)CCC3C2(C)C)c(C)c1.Cc1ccc(-c2cc3c(c[n+]2C)C2CCC3C2)c(C)c1.[2H]C([2H])([2H])c1ccc(-c2cc3c(c[n+]2C)C([2H])([2H])C2CC3([2H])C2)c(C)c1.[2H]C([2H])([2H])c1ccc(-c2cc3c(c[n+]2C)C2([2H])CCC3([2H])C2)c(C)c1. The van der Waals surface area contributed by atoms with Crippen LogP contribution in [0.1, 0.15) is 225 Å². The molecule has 6 unspecified atom stereocenters. The van der Waals surface area contributed by atoms with Gasteiger partial charge in [0.1, 0.15) is 28.2 Å². The number of nitrogens with zero attached hydrogens (tertiary/aromatic N) is 4. The van der Waals surface area contributed by atoms with Gasteiger partial charge in [0.25, 0.3) is 0 Å². The average molecular weight is 1110 g/mol. The number of benzene rings is 4. The third-order valence-corrected chi connectivity index (χ3v) is 21.7. The highest BCUT2D eigenvalue weighted by Gasteiger charge is 2.60. The maximum atomic E-state index is 8.77. The zero-order valence-electron chi connectivity index (χ0n) is 62.7. The molecule has 9 aliphatic rings. The molecule has 8 bridgehead atoms. The van der Waals surface area contributed by atoms with Gasteiger partial charge in [-0.25, -0.2) is 18.3 Å². The van der Waals surface area contributed by atoms with Crippen LogP contribution >= 0.6 is 0 Å². The Morgan fingerprint density at radius 3 is 1.42 bits per heavy atom. The standard InChI is InChI=1S/C22H28N.3C19H22N/c1-14-7-8-16(15(2)11-14)20-12-17-18-9-10-22(5,21(18,3)4)19(17)13-23(20)6;2*1-12-4-7-16(13(2)8-12)19-10-17-14-5-6-15(9-14)18(17)11-20(19)3;1-12-4-5-17(13(2)6-12)19-10-18-15-7-14(8-15)9-16(18)11-20(19)3/h7-8,11-13,18H,9-10H2,1-6H3;2*4,7-8,10-11,14-15H,5-6,9H2,1-3H3;4-6,10-11,14-15H,7-9H2,1-3H3/q4*+1/i;1D3,14D,15D;;1D3,9D2,15D. The lowest BCUT2D eigenvalue weighted by Gasteiger charge is -2.41. The molecule has 0 N–H and O–H groups in total. The van der Waals surface area contributed by atoms with Gasteiger partial charge in [0, 0.05) is 89.3 Å². The minimum Gasteiger partial charge on any atom is -0.201 e. The predicted molar refractivity (Wildman–Crippen MR) is 341 cm³/mol. The molecule has 0 spiro atoms. The third kappa shape index (κ3) is 9.56. The number of rotatable bonds is 4. The normalized spacial score (nSPS) is 29.8. The molecule has 4 saturated carbocycles. The molecule has 4 heterocycles. The summed E-state index contributed by atoms with van der Waals surface area (Å²) in [5, 5.41) is 0. The number of pyridine rings is 4. The summed E-state index contributed by atoms with van der Waals surface area (Å²) in [4.78, 5) is 0. The fraction of sp³-hybridized carbons (Fsp3) is 0.443. The Kier molecular flexibility index (Phi) is 11.1. The van der Waals surface area contributed by atoms with Gasteiger partial charge < -0.3 is 0 Å². The largest absolute Gasteiger partial charge is 0.212 e. The third-order valence-electron chi connectivity index (χ3n) is 21.7. The van der Waals surface area contributed by atoms with Crippen LogP contribution < -0.4 is 18.3 Å². The summed E-state index contributed by atoms with van der Waals surface area (Å²) < 4.78 is 97.1. The van der Waals surface area contributed by atoms with E-state index in [1.807, 2.05) is 67.7 Å². The van der Waals surface area contributed by atoms with Crippen molar-refractivity contribution in [3.8, 4) is 45.0 Å². The lowest BCUT2D eigenvalue weighted by atomic mass is 9.63. The summed E-state index contributed by atoms with van der Waals surface area (Å²) in [5.74, 6) is 0.364.